The van der Waals surface area contributed by atoms with Crippen molar-refractivity contribution in [3.63, 3.8) is 0 Å². The summed E-state index contributed by atoms with van der Waals surface area (Å²) in [5.74, 6) is 0.821. The Hall–Kier alpha value is -2.46. The Morgan fingerprint density at radius 3 is 2.63 bits per heavy atom. The second-order valence-corrected chi connectivity index (χ2v) is 4.26. The predicted molar refractivity (Wildman–Crippen MR) is 74.7 cm³/mol. The molecule has 1 heterocycles. The Morgan fingerprint density at radius 1 is 1.00 bits per heavy atom. The molecule has 94 valence electrons. The van der Waals surface area contributed by atoms with Gasteiger partial charge in [-0.1, -0.05) is 36.4 Å². The molecule has 3 rings (SSSR count). The lowest BCUT2D eigenvalue weighted by Crippen LogP contribution is -1.99. The van der Waals surface area contributed by atoms with E-state index in [2.05, 4.69) is 10.2 Å². The van der Waals surface area contributed by atoms with Crippen molar-refractivity contribution >= 4 is 0 Å². The molecule has 0 saturated heterocycles. The number of nitrogens with two attached hydrogens (primary N) is 1. The van der Waals surface area contributed by atoms with Crippen molar-refractivity contribution in [2.45, 2.75) is 6.54 Å². The summed E-state index contributed by atoms with van der Waals surface area (Å²) in [6.07, 6.45) is 1.72. The Bertz CT molecular complexity index is 673. The molecule has 3 aromatic rings. The van der Waals surface area contributed by atoms with Gasteiger partial charge in [-0.15, -0.1) is 10.2 Å². The van der Waals surface area contributed by atoms with Crippen molar-refractivity contribution in [2.24, 2.45) is 5.73 Å². The molecule has 19 heavy (non-hydrogen) atoms. The van der Waals surface area contributed by atoms with Crippen molar-refractivity contribution in [1.29, 1.82) is 0 Å². The molecule has 2 aromatic carbocycles. The molecular weight excluding hydrogens is 236 g/mol. The van der Waals surface area contributed by atoms with E-state index in [1.807, 2.05) is 59.2 Å². The van der Waals surface area contributed by atoms with E-state index in [9.17, 15) is 0 Å². The lowest BCUT2D eigenvalue weighted by atomic mass is 10.1. The number of rotatable bonds is 3. The van der Waals surface area contributed by atoms with Crippen LogP contribution in [0.15, 0.2) is 60.9 Å². The Labute approximate surface area is 111 Å². The molecule has 4 nitrogen and oxygen atoms in total. The van der Waals surface area contributed by atoms with Crippen molar-refractivity contribution < 1.29 is 0 Å². The zero-order valence-corrected chi connectivity index (χ0v) is 10.4. The average molecular weight is 250 g/mol. The average Bonchev–Trinajstić information content (AvgIpc) is 2.98. The molecule has 0 fully saturated rings. The van der Waals surface area contributed by atoms with Crippen molar-refractivity contribution in [2.75, 3.05) is 0 Å². The van der Waals surface area contributed by atoms with Crippen LogP contribution in [0.1, 0.15) is 5.56 Å². The number of nitrogens with zero attached hydrogens (tertiary/aromatic N) is 3. The van der Waals surface area contributed by atoms with Crippen LogP contribution in [0, 0.1) is 0 Å². The fourth-order valence-electron chi connectivity index (χ4n) is 2.05. The number of benzene rings is 2. The van der Waals surface area contributed by atoms with Crippen LogP contribution in [0.25, 0.3) is 17.1 Å². The van der Waals surface area contributed by atoms with Crippen molar-refractivity contribution in [3.05, 3.63) is 66.5 Å². The van der Waals surface area contributed by atoms with E-state index in [1.165, 1.54) is 0 Å². The summed E-state index contributed by atoms with van der Waals surface area (Å²) in [5.41, 5.74) is 8.82. The first kappa shape index (κ1) is 11.6. The second-order valence-electron chi connectivity index (χ2n) is 4.26. The minimum absolute atomic E-state index is 0.521. The molecular formula is C15H14N4. The monoisotopic (exact) mass is 250 g/mol. The lowest BCUT2D eigenvalue weighted by Gasteiger charge is -2.07. The molecule has 0 spiro atoms. The fraction of sp³-hybridized carbons (Fsp3) is 0.0667. The number of para-hydroxylation sites is 1. The van der Waals surface area contributed by atoms with E-state index in [1.54, 1.807) is 6.33 Å². The van der Waals surface area contributed by atoms with Gasteiger partial charge in [0.05, 0.1) is 0 Å². The molecule has 0 amide bonds. The topological polar surface area (TPSA) is 56.7 Å². The summed E-state index contributed by atoms with van der Waals surface area (Å²) < 4.78 is 1.97. The normalized spacial score (nSPS) is 10.6. The van der Waals surface area contributed by atoms with E-state index in [0.717, 1.165) is 22.6 Å². The van der Waals surface area contributed by atoms with Gasteiger partial charge in [0.15, 0.2) is 5.82 Å². The summed E-state index contributed by atoms with van der Waals surface area (Å²) in [4.78, 5) is 0. The van der Waals surface area contributed by atoms with Crippen LogP contribution in [0.4, 0.5) is 0 Å². The highest BCUT2D eigenvalue weighted by atomic mass is 15.3. The van der Waals surface area contributed by atoms with E-state index in [4.69, 9.17) is 5.73 Å². The van der Waals surface area contributed by atoms with Crippen LogP contribution < -0.4 is 5.73 Å². The van der Waals surface area contributed by atoms with E-state index in [-0.39, 0.29) is 0 Å². The van der Waals surface area contributed by atoms with Gasteiger partial charge in [0.1, 0.15) is 6.33 Å². The van der Waals surface area contributed by atoms with Crippen molar-refractivity contribution in [1.82, 2.24) is 14.8 Å². The van der Waals surface area contributed by atoms with E-state index >= 15 is 0 Å². The molecule has 0 unspecified atom stereocenters. The zero-order valence-electron chi connectivity index (χ0n) is 10.4. The predicted octanol–water partition coefficient (Wildman–Crippen LogP) is 2.39. The summed E-state index contributed by atoms with van der Waals surface area (Å²) >= 11 is 0. The minimum Gasteiger partial charge on any atom is -0.326 e. The van der Waals surface area contributed by atoms with Gasteiger partial charge >= 0.3 is 0 Å². The van der Waals surface area contributed by atoms with Gasteiger partial charge in [-0.25, -0.2) is 0 Å². The number of hydrogen-bond donors (Lipinski definition) is 1. The van der Waals surface area contributed by atoms with Gasteiger partial charge in [-0.3, -0.25) is 4.57 Å². The van der Waals surface area contributed by atoms with Crippen LogP contribution in [-0.4, -0.2) is 14.8 Å². The van der Waals surface area contributed by atoms with Crippen LogP contribution in [-0.2, 0) is 6.54 Å². The molecule has 0 aliphatic carbocycles. The molecule has 0 atom stereocenters. The quantitative estimate of drug-likeness (QED) is 0.776. The Morgan fingerprint density at radius 2 is 1.84 bits per heavy atom. The summed E-state index contributed by atoms with van der Waals surface area (Å²) in [6.45, 7) is 0.521. The van der Waals surface area contributed by atoms with Crippen molar-refractivity contribution in [3.8, 4) is 17.1 Å². The molecule has 0 aliphatic rings. The second kappa shape index (κ2) is 5.04. The molecule has 0 aliphatic heterocycles. The lowest BCUT2D eigenvalue weighted by molar-refractivity contribution is 1.05. The molecule has 4 heteroatoms. The zero-order chi connectivity index (χ0) is 13.1. The largest absolute Gasteiger partial charge is 0.326 e. The highest BCUT2D eigenvalue weighted by Crippen LogP contribution is 2.21. The minimum atomic E-state index is 0.521. The summed E-state index contributed by atoms with van der Waals surface area (Å²) in [6, 6.07) is 18.1. The van der Waals surface area contributed by atoms with Crippen LogP contribution in [0.3, 0.4) is 0 Å². The Kier molecular flexibility index (Phi) is 3.08. The van der Waals surface area contributed by atoms with Crippen LogP contribution >= 0.6 is 0 Å². The highest BCUT2D eigenvalue weighted by Gasteiger charge is 2.08. The molecule has 0 bridgehead atoms. The van der Waals surface area contributed by atoms with Gasteiger partial charge in [-0.2, -0.15) is 0 Å². The van der Waals surface area contributed by atoms with Gasteiger partial charge in [-0.05, 0) is 23.8 Å². The van der Waals surface area contributed by atoms with E-state index < -0.39 is 0 Å². The molecule has 0 saturated carbocycles. The summed E-state index contributed by atoms with van der Waals surface area (Å²) in [7, 11) is 0. The third-order valence-corrected chi connectivity index (χ3v) is 3.00. The number of hydrogen-bond acceptors (Lipinski definition) is 3. The molecule has 0 radical (unpaired) electrons. The molecule has 2 N–H and O–H groups in total. The maximum absolute atomic E-state index is 5.68. The third kappa shape index (κ3) is 2.26. The maximum Gasteiger partial charge on any atom is 0.168 e. The summed E-state index contributed by atoms with van der Waals surface area (Å²) in [5, 5.41) is 8.22. The first-order valence-corrected chi connectivity index (χ1v) is 6.13. The maximum atomic E-state index is 5.68. The van der Waals surface area contributed by atoms with Crippen LogP contribution in [0.2, 0.25) is 0 Å². The molecule has 1 aromatic heterocycles. The van der Waals surface area contributed by atoms with Gasteiger partial charge < -0.3 is 5.73 Å². The van der Waals surface area contributed by atoms with Gasteiger partial charge in [0, 0.05) is 17.8 Å². The van der Waals surface area contributed by atoms with E-state index in [0.29, 0.717) is 6.54 Å². The first-order valence-electron chi connectivity index (χ1n) is 6.13. The third-order valence-electron chi connectivity index (χ3n) is 3.00. The number of aromatic nitrogens is 3. The highest BCUT2D eigenvalue weighted by molar-refractivity contribution is 5.59. The van der Waals surface area contributed by atoms with Gasteiger partial charge in [0.25, 0.3) is 0 Å². The smallest absolute Gasteiger partial charge is 0.168 e. The van der Waals surface area contributed by atoms with Crippen LogP contribution in [0.5, 0.6) is 0 Å². The SMILES string of the molecule is NCc1cccc(-c2nncn2-c2ccccc2)c1. The standard InChI is InChI=1S/C15H14N4/c16-10-12-5-4-6-13(9-12)15-18-17-11-19(15)14-7-2-1-3-8-14/h1-9,11H,10,16H2. The first-order chi connectivity index (χ1) is 9.38. The van der Waals surface area contributed by atoms with Gasteiger partial charge in [0.2, 0.25) is 0 Å². The Balaban J connectivity index is 2.09. The fourth-order valence-corrected chi connectivity index (χ4v) is 2.05.